The van der Waals surface area contributed by atoms with E-state index in [9.17, 15) is 14.4 Å². The lowest BCUT2D eigenvalue weighted by Crippen LogP contribution is -2.51. The number of amides is 3. The molecule has 0 aliphatic carbocycles. The van der Waals surface area contributed by atoms with Crippen LogP contribution in [-0.4, -0.2) is 42.1 Å². The standard InChI is InChI=1S/C14H19N3O4/c1-3-15-14(21)16-13(20)10(2)17(9-12(18)19)11-7-5-4-6-8-11/h4-8,10H,3,9H2,1-2H3,(H,18,19)(H2,15,16,20,21). The van der Waals surface area contributed by atoms with Gasteiger partial charge in [-0.1, -0.05) is 18.2 Å². The fraction of sp³-hybridized carbons (Fsp3) is 0.357. The first-order chi connectivity index (χ1) is 9.95. The number of carbonyl (C=O) groups excluding carboxylic acids is 2. The molecular formula is C14H19N3O4. The van der Waals surface area contributed by atoms with Crippen LogP contribution in [0.5, 0.6) is 0 Å². The molecule has 0 fully saturated rings. The molecule has 0 radical (unpaired) electrons. The van der Waals surface area contributed by atoms with E-state index in [-0.39, 0.29) is 6.54 Å². The summed E-state index contributed by atoms with van der Waals surface area (Å²) in [4.78, 5) is 35.8. The van der Waals surface area contributed by atoms with E-state index >= 15 is 0 Å². The molecule has 1 unspecified atom stereocenters. The van der Waals surface area contributed by atoms with Crippen LogP contribution in [0.2, 0.25) is 0 Å². The van der Waals surface area contributed by atoms with E-state index in [0.717, 1.165) is 0 Å². The van der Waals surface area contributed by atoms with Crippen LogP contribution >= 0.6 is 0 Å². The number of nitrogens with one attached hydrogen (secondary N) is 2. The number of nitrogens with zero attached hydrogens (tertiary/aromatic N) is 1. The molecule has 7 nitrogen and oxygen atoms in total. The minimum atomic E-state index is -1.06. The number of anilines is 1. The van der Waals surface area contributed by atoms with Crippen LogP contribution in [0.4, 0.5) is 10.5 Å². The van der Waals surface area contributed by atoms with Crippen molar-refractivity contribution in [3.05, 3.63) is 30.3 Å². The van der Waals surface area contributed by atoms with Crippen LogP contribution in [0.15, 0.2) is 30.3 Å². The fourth-order valence-electron chi connectivity index (χ4n) is 1.78. The molecule has 0 saturated heterocycles. The van der Waals surface area contributed by atoms with Gasteiger partial charge in [0.1, 0.15) is 12.6 Å². The fourth-order valence-corrected chi connectivity index (χ4v) is 1.78. The van der Waals surface area contributed by atoms with Crippen molar-refractivity contribution in [1.82, 2.24) is 10.6 Å². The van der Waals surface area contributed by atoms with Crippen LogP contribution in [0.25, 0.3) is 0 Å². The minimum Gasteiger partial charge on any atom is -0.480 e. The molecule has 1 atom stereocenters. The third-order valence-electron chi connectivity index (χ3n) is 2.81. The highest BCUT2D eigenvalue weighted by Gasteiger charge is 2.24. The maximum atomic E-state index is 12.0. The van der Waals surface area contributed by atoms with E-state index in [4.69, 9.17) is 5.11 Å². The lowest BCUT2D eigenvalue weighted by atomic mass is 10.2. The van der Waals surface area contributed by atoms with Crippen molar-refractivity contribution in [2.45, 2.75) is 19.9 Å². The lowest BCUT2D eigenvalue weighted by Gasteiger charge is -2.28. The number of benzene rings is 1. The van der Waals surface area contributed by atoms with E-state index < -0.39 is 23.9 Å². The zero-order valence-electron chi connectivity index (χ0n) is 12.0. The Balaban J connectivity index is 2.85. The smallest absolute Gasteiger partial charge is 0.323 e. The van der Waals surface area contributed by atoms with Crippen LogP contribution in [0.1, 0.15) is 13.8 Å². The number of hydrogen-bond donors (Lipinski definition) is 3. The van der Waals surface area contributed by atoms with Crippen LogP contribution in [0, 0.1) is 0 Å². The number of carboxylic acid groups (broad SMARTS) is 1. The summed E-state index contributed by atoms with van der Waals surface area (Å²) in [5.41, 5.74) is 0.596. The molecule has 0 heterocycles. The summed E-state index contributed by atoms with van der Waals surface area (Å²) in [5.74, 6) is -1.62. The molecule has 114 valence electrons. The Bertz CT molecular complexity index is 504. The Kier molecular flexibility index (Phi) is 6.19. The van der Waals surface area contributed by atoms with Crippen molar-refractivity contribution in [1.29, 1.82) is 0 Å². The molecule has 0 saturated carbocycles. The molecule has 0 spiro atoms. The van der Waals surface area contributed by atoms with E-state index in [2.05, 4.69) is 10.6 Å². The number of para-hydroxylation sites is 1. The molecule has 0 aliphatic heterocycles. The molecule has 0 aromatic heterocycles. The average molecular weight is 293 g/mol. The highest BCUT2D eigenvalue weighted by Crippen LogP contribution is 2.16. The first-order valence-electron chi connectivity index (χ1n) is 6.57. The monoisotopic (exact) mass is 293 g/mol. The molecule has 1 aromatic rings. The number of carboxylic acids is 1. The Labute approximate surface area is 122 Å². The van der Waals surface area contributed by atoms with Crippen molar-refractivity contribution < 1.29 is 19.5 Å². The first kappa shape index (κ1) is 16.5. The van der Waals surface area contributed by atoms with Crippen LogP contribution in [0.3, 0.4) is 0 Å². The van der Waals surface area contributed by atoms with Gasteiger partial charge in [0.25, 0.3) is 0 Å². The largest absolute Gasteiger partial charge is 0.480 e. The molecule has 1 aromatic carbocycles. The molecule has 1 rings (SSSR count). The Morgan fingerprint density at radius 1 is 1.24 bits per heavy atom. The maximum Gasteiger partial charge on any atom is 0.323 e. The van der Waals surface area contributed by atoms with Gasteiger partial charge in [0, 0.05) is 12.2 Å². The second-order valence-corrected chi connectivity index (χ2v) is 4.38. The number of rotatable bonds is 6. The highest BCUT2D eigenvalue weighted by atomic mass is 16.4. The van der Waals surface area contributed by atoms with Gasteiger partial charge in [0.05, 0.1) is 0 Å². The summed E-state index contributed by atoms with van der Waals surface area (Å²) < 4.78 is 0. The summed E-state index contributed by atoms with van der Waals surface area (Å²) >= 11 is 0. The minimum absolute atomic E-state index is 0.339. The topological polar surface area (TPSA) is 98.7 Å². The third-order valence-corrected chi connectivity index (χ3v) is 2.81. The van der Waals surface area contributed by atoms with E-state index in [1.54, 1.807) is 44.2 Å². The van der Waals surface area contributed by atoms with Crippen LogP contribution in [-0.2, 0) is 9.59 Å². The number of carbonyl (C=O) groups is 3. The van der Waals surface area contributed by atoms with Crippen molar-refractivity contribution in [3.63, 3.8) is 0 Å². The first-order valence-corrected chi connectivity index (χ1v) is 6.57. The molecular weight excluding hydrogens is 274 g/mol. The van der Waals surface area contributed by atoms with Gasteiger partial charge in [-0.25, -0.2) is 4.79 Å². The van der Waals surface area contributed by atoms with E-state index in [1.165, 1.54) is 4.90 Å². The van der Waals surface area contributed by atoms with Crippen molar-refractivity contribution in [3.8, 4) is 0 Å². The Morgan fingerprint density at radius 2 is 1.86 bits per heavy atom. The van der Waals surface area contributed by atoms with Crippen LogP contribution < -0.4 is 15.5 Å². The molecule has 3 amide bonds. The van der Waals surface area contributed by atoms with Gasteiger partial charge in [0.2, 0.25) is 5.91 Å². The van der Waals surface area contributed by atoms with Gasteiger partial charge in [-0.15, -0.1) is 0 Å². The highest BCUT2D eigenvalue weighted by molar-refractivity contribution is 5.98. The predicted octanol–water partition coefficient (Wildman–Crippen LogP) is 0.812. The molecule has 0 bridgehead atoms. The number of imide groups is 1. The molecule has 0 aliphatic rings. The van der Waals surface area contributed by atoms with Crippen molar-refractivity contribution in [2.24, 2.45) is 0 Å². The zero-order valence-corrected chi connectivity index (χ0v) is 12.0. The number of aliphatic carboxylic acids is 1. The van der Waals surface area contributed by atoms with Crippen molar-refractivity contribution >= 4 is 23.6 Å². The molecule has 21 heavy (non-hydrogen) atoms. The van der Waals surface area contributed by atoms with Gasteiger partial charge in [-0.05, 0) is 26.0 Å². The average Bonchev–Trinajstić information content (AvgIpc) is 2.45. The quantitative estimate of drug-likeness (QED) is 0.721. The normalized spacial score (nSPS) is 11.3. The Morgan fingerprint density at radius 3 is 2.38 bits per heavy atom. The summed E-state index contributed by atoms with van der Waals surface area (Å²) in [6.45, 7) is 3.33. The summed E-state index contributed by atoms with van der Waals surface area (Å²) in [5, 5.41) is 13.6. The second-order valence-electron chi connectivity index (χ2n) is 4.38. The summed E-state index contributed by atoms with van der Waals surface area (Å²) in [6.07, 6.45) is 0. The predicted molar refractivity (Wildman–Crippen MR) is 78.1 cm³/mol. The SMILES string of the molecule is CCNC(=O)NC(=O)C(C)N(CC(=O)O)c1ccccc1. The van der Waals surface area contributed by atoms with Gasteiger partial charge in [-0.2, -0.15) is 0 Å². The maximum absolute atomic E-state index is 12.0. The third kappa shape index (κ3) is 5.13. The Hall–Kier alpha value is -2.57. The zero-order chi connectivity index (χ0) is 15.8. The summed E-state index contributed by atoms with van der Waals surface area (Å²) in [6, 6.07) is 7.31. The lowest BCUT2D eigenvalue weighted by molar-refractivity contribution is -0.135. The second kappa shape index (κ2) is 7.88. The van der Waals surface area contributed by atoms with Crippen molar-refractivity contribution in [2.75, 3.05) is 18.0 Å². The summed E-state index contributed by atoms with van der Waals surface area (Å²) in [7, 11) is 0. The number of urea groups is 1. The van der Waals surface area contributed by atoms with Gasteiger partial charge >= 0.3 is 12.0 Å². The number of hydrogen-bond acceptors (Lipinski definition) is 4. The van der Waals surface area contributed by atoms with Gasteiger partial charge in [0.15, 0.2) is 0 Å². The molecule has 3 N–H and O–H groups in total. The van der Waals surface area contributed by atoms with E-state index in [1.807, 2.05) is 0 Å². The van der Waals surface area contributed by atoms with E-state index in [0.29, 0.717) is 12.2 Å². The van der Waals surface area contributed by atoms with Gasteiger partial charge in [-0.3, -0.25) is 14.9 Å². The van der Waals surface area contributed by atoms with Gasteiger partial charge < -0.3 is 15.3 Å². The molecule has 7 heteroatoms.